The molecule has 0 unspecified atom stereocenters. The van der Waals surface area contributed by atoms with Crippen LogP contribution >= 0.6 is 51.2 Å². The van der Waals surface area contributed by atoms with Crippen LogP contribution in [0, 0.1) is 6.92 Å². The Morgan fingerprint density at radius 2 is 2.15 bits per heavy atom. The van der Waals surface area contributed by atoms with Gasteiger partial charge in [0.05, 0.1) is 3.79 Å². The van der Waals surface area contributed by atoms with Crippen molar-refractivity contribution in [2.45, 2.75) is 13.3 Å². The molecule has 0 saturated heterocycles. The number of aryl methyl sites for hydroxylation is 1. The molecular formula is C14H17BrIN3S. The summed E-state index contributed by atoms with van der Waals surface area (Å²) in [6, 6.07) is 12.2. The Kier molecular flexibility index (Phi) is 7.53. The third-order valence-corrected chi connectivity index (χ3v) is 4.24. The number of hydrogen-bond acceptors (Lipinski definition) is 2. The SMILES string of the molecule is Cc1cccc(NC(N)=NCCc2ccc(Br)s2)c1.I. The van der Waals surface area contributed by atoms with Gasteiger partial charge < -0.3 is 11.1 Å². The molecule has 0 aliphatic heterocycles. The van der Waals surface area contributed by atoms with Gasteiger partial charge in [-0.25, -0.2) is 0 Å². The van der Waals surface area contributed by atoms with Crippen LogP contribution in [0.1, 0.15) is 10.4 Å². The van der Waals surface area contributed by atoms with E-state index in [-0.39, 0.29) is 24.0 Å². The van der Waals surface area contributed by atoms with E-state index in [0.29, 0.717) is 12.5 Å². The maximum Gasteiger partial charge on any atom is 0.193 e. The van der Waals surface area contributed by atoms with E-state index in [0.717, 1.165) is 15.9 Å². The van der Waals surface area contributed by atoms with E-state index in [9.17, 15) is 0 Å². The largest absolute Gasteiger partial charge is 0.370 e. The fourth-order valence-corrected chi connectivity index (χ4v) is 3.15. The maximum atomic E-state index is 5.86. The van der Waals surface area contributed by atoms with Crippen molar-refractivity contribution in [3.05, 3.63) is 50.6 Å². The molecule has 20 heavy (non-hydrogen) atoms. The van der Waals surface area contributed by atoms with Crippen LogP contribution in [0.3, 0.4) is 0 Å². The van der Waals surface area contributed by atoms with E-state index in [4.69, 9.17) is 5.73 Å². The summed E-state index contributed by atoms with van der Waals surface area (Å²) in [7, 11) is 0. The molecule has 0 bridgehead atoms. The highest BCUT2D eigenvalue weighted by Crippen LogP contribution is 2.22. The van der Waals surface area contributed by atoms with Crippen LogP contribution in [0.25, 0.3) is 0 Å². The van der Waals surface area contributed by atoms with Crippen LogP contribution in [-0.2, 0) is 6.42 Å². The summed E-state index contributed by atoms with van der Waals surface area (Å²) in [5, 5.41) is 3.10. The number of rotatable bonds is 4. The van der Waals surface area contributed by atoms with Gasteiger partial charge in [-0.2, -0.15) is 0 Å². The highest BCUT2D eigenvalue weighted by atomic mass is 127. The van der Waals surface area contributed by atoms with Gasteiger partial charge in [0.1, 0.15) is 0 Å². The number of anilines is 1. The summed E-state index contributed by atoms with van der Waals surface area (Å²) in [6.45, 7) is 2.74. The maximum absolute atomic E-state index is 5.86. The highest BCUT2D eigenvalue weighted by Gasteiger charge is 1.98. The fourth-order valence-electron chi connectivity index (χ4n) is 1.68. The minimum absolute atomic E-state index is 0. The van der Waals surface area contributed by atoms with Gasteiger partial charge in [-0.3, -0.25) is 4.99 Å². The Bertz CT molecular complexity index is 583. The molecule has 0 atom stereocenters. The lowest BCUT2D eigenvalue weighted by molar-refractivity contribution is 0.983. The van der Waals surface area contributed by atoms with E-state index in [1.54, 1.807) is 11.3 Å². The number of guanidine groups is 1. The first-order valence-corrected chi connectivity index (χ1v) is 7.62. The van der Waals surface area contributed by atoms with Crippen LogP contribution in [0.2, 0.25) is 0 Å². The summed E-state index contributed by atoms with van der Waals surface area (Å²) in [5.41, 5.74) is 8.03. The van der Waals surface area contributed by atoms with Crippen molar-refractivity contribution in [2.75, 3.05) is 11.9 Å². The minimum atomic E-state index is 0. The monoisotopic (exact) mass is 465 g/mol. The zero-order valence-electron chi connectivity index (χ0n) is 11.1. The molecule has 3 nitrogen and oxygen atoms in total. The molecule has 108 valence electrons. The summed E-state index contributed by atoms with van der Waals surface area (Å²) < 4.78 is 1.15. The van der Waals surface area contributed by atoms with Crippen LogP contribution in [-0.4, -0.2) is 12.5 Å². The van der Waals surface area contributed by atoms with Crippen molar-refractivity contribution in [1.29, 1.82) is 0 Å². The predicted molar refractivity (Wildman–Crippen MR) is 102 cm³/mol. The Morgan fingerprint density at radius 3 is 2.80 bits per heavy atom. The molecule has 0 aliphatic carbocycles. The van der Waals surface area contributed by atoms with Crippen LogP contribution in [0.5, 0.6) is 0 Å². The molecular weight excluding hydrogens is 449 g/mol. The number of hydrogen-bond donors (Lipinski definition) is 2. The number of halogens is 2. The third-order valence-electron chi connectivity index (χ3n) is 2.56. The van der Waals surface area contributed by atoms with Gasteiger partial charge in [0, 0.05) is 23.5 Å². The Morgan fingerprint density at radius 1 is 1.35 bits per heavy atom. The first-order valence-electron chi connectivity index (χ1n) is 6.01. The number of aliphatic imine (C=N–C) groups is 1. The highest BCUT2D eigenvalue weighted by molar-refractivity contribution is 14.0. The predicted octanol–water partition coefficient (Wildman–Crippen LogP) is 4.41. The molecule has 0 fully saturated rings. The summed E-state index contributed by atoms with van der Waals surface area (Å²) in [6.07, 6.45) is 0.909. The molecule has 1 aromatic carbocycles. The van der Waals surface area contributed by atoms with Crippen LogP contribution < -0.4 is 11.1 Å². The lowest BCUT2D eigenvalue weighted by atomic mass is 10.2. The van der Waals surface area contributed by atoms with Gasteiger partial charge in [0.2, 0.25) is 0 Å². The van der Waals surface area contributed by atoms with E-state index in [2.05, 4.69) is 38.4 Å². The first-order chi connectivity index (χ1) is 9.13. The number of nitrogens with two attached hydrogens (primary N) is 1. The van der Waals surface area contributed by atoms with Gasteiger partial charge >= 0.3 is 0 Å². The minimum Gasteiger partial charge on any atom is -0.370 e. The van der Waals surface area contributed by atoms with Crippen molar-refractivity contribution in [2.24, 2.45) is 10.7 Å². The Labute approximate surface area is 148 Å². The van der Waals surface area contributed by atoms with E-state index in [1.165, 1.54) is 10.4 Å². The van der Waals surface area contributed by atoms with Crippen molar-refractivity contribution in [3.63, 3.8) is 0 Å². The zero-order valence-corrected chi connectivity index (χ0v) is 15.8. The number of nitrogens with zero attached hydrogens (tertiary/aromatic N) is 1. The zero-order chi connectivity index (χ0) is 13.7. The van der Waals surface area contributed by atoms with Crippen LogP contribution in [0.15, 0.2) is 45.2 Å². The molecule has 2 aromatic rings. The smallest absolute Gasteiger partial charge is 0.193 e. The second-order valence-corrected chi connectivity index (χ2v) is 6.76. The molecule has 0 spiro atoms. The summed E-state index contributed by atoms with van der Waals surface area (Å²) in [4.78, 5) is 5.63. The lowest BCUT2D eigenvalue weighted by Gasteiger charge is -2.06. The van der Waals surface area contributed by atoms with Crippen LogP contribution in [0.4, 0.5) is 5.69 Å². The standard InChI is InChI=1S/C14H16BrN3S.HI/c1-10-3-2-4-11(9-10)18-14(16)17-8-7-12-5-6-13(15)19-12;/h2-6,9H,7-8H2,1H3,(H3,16,17,18);1H. The number of nitrogens with one attached hydrogen (secondary N) is 1. The second-order valence-electron chi connectivity index (χ2n) is 4.22. The van der Waals surface area contributed by atoms with Gasteiger partial charge in [0.25, 0.3) is 0 Å². The topological polar surface area (TPSA) is 50.4 Å². The second kappa shape index (κ2) is 8.63. The van der Waals surface area contributed by atoms with E-state index < -0.39 is 0 Å². The Hall–Kier alpha value is -0.600. The average Bonchev–Trinajstić information content (AvgIpc) is 2.75. The molecule has 1 heterocycles. The molecule has 0 amide bonds. The van der Waals surface area contributed by atoms with Crippen molar-refractivity contribution < 1.29 is 0 Å². The molecule has 0 radical (unpaired) electrons. The molecule has 1 aromatic heterocycles. The van der Waals surface area contributed by atoms with Crippen molar-refractivity contribution >= 4 is 62.9 Å². The molecule has 6 heteroatoms. The van der Waals surface area contributed by atoms with E-state index >= 15 is 0 Å². The first kappa shape index (κ1) is 17.5. The third kappa shape index (κ3) is 5.80. The quantitative estimate of drug-likeness (QED) is 0.399. The number of thiophene rings is 1. The number of benzene rings is 1. The van der Waals surface area contributed by atoms with Gasteiger partial charge in [-0.1, -0.05) is 12.1 Å². The molecule has 2 rings (SSSR count). The average molecular weight is 466 g/mol. The van der Waals surface area contributed by atoms with Gasteiger partial charge in [-0.05, 0) is 52.7 Å². The van der Waals surface area contributed by atoms with E-state index in [1.807, 2.05) is 31.2 Å². The lowest BCUT2D eigenvalue weighted by Crippen LogP contribution is -2.23. The molecule has 3 N–H and O–H groups in total. The summed E-state index contributed by atoms with van der Waals surface area (Å²) in [5.74, 6) is 0.459. The van der Waals surface area contributed by atoms with Crippen molar-refractivity contribution in [1.82, 2.24) is 0 Å². The fraction of sp³-hybridized carbons (Fsp3) is 0.214. The summed E-state index contributed by atoms with van der Waals surface area (Å²) >= 11 is 5.18. The normalized spacial score (nSPS) is 11.0. The molecule has 0 saturated carbocycles. The Balaban J connectivity index is 0.00000200. The van der Waals surface area contributed by atoms with Crippen molar-refractivity contribution in [3.8, 4) is 0 Å². The molecule has 0 aliphatic rings. The van der Waals surface area contributed by atoms with Gasteiger partial charge in [-0.15, -0.1) is 35.3 Å². The van der Waals surface area contributed by atoms with Gasteiger partial charge in [0.15, 0.2) is 5.96 Å².